The maximum Gasteiger partial charge on any atom is 0.342 e. The summed E-state index contributed by atoms with van der Waals surface area (Å²) in [7, 11) is 0. The van der Waals surface area contributed by atoms with E-state index in [-0.39, 0.29) is 23.8 Å². The molecule has 0 aliphatic carbocycles. The van der Waals surface area contributed by atoms with E-state index in [0.717, 1.165) is 5.56 Å². The summed E-state index contributed by atoms with van der Waals surface area (Å²) in [5.74, 6) is -1.27. The highest BCUT2D eigenvalue weighted by atomic mass is 16.5. The highest BCUT2D eigenvalue weighted by Crippen LogP contribution is 2.16. The van der Waals surface area contributed by atoms with Crippen LogP contribution in [0.4, 0.5) is 0 Å². The van der Waals surface area contributed by atoms with Crippen LogP contribution in [0.2, 0.25) is 0 Å². The van der Waals surface area contributed by atoms with Crippen LogP contribution in [-0.2, 0) is 16.0 Å². The number of nitrogens with one attached hydrogen (secondary N) is 1. The lowest BCUT2D eigenvalue weighted by Crippen LogP contribution is -2.30. The van der Waals surface area contributed by atoms with Gasteiger partial charge in [0.15, 0.2) is 6.61 Å². The Morgan fingerprint density at radius 3 is 2.41 bits per heavy atom. The smallest absolute Gasteiger partial charge is 0.342 e. The molecule has 0 aliphatic heterocycles. The number of para-hydroxylation sites is 1. The Labute approximate surface area is 128 Å². The van der Waals surface area contributed by atoms with Crippen LogP contribution >= 0.6 is 0 Å². The first kappa shape index (κ1) is 15.6. The van der Waals surface area contributed by atoms with Gasteiger partial charge in [0.1, 0.15) is 11.3 Å². The molecule has 22 heavy (non-hydrogen) atoms. The Balaban J connectivity index is 1.72. The molecule has 0 unspecified atom stereocenters. The summed E-state index contributed by atoms with van der Waals surface area (Å²) in [5, 5.41) is 12.2. The number of benzene rings is 2. The summed E-state index contributed by atoms with van der Waals surface area (Å²) < 4.78 is 4.86. The number of carbonyl (C=O) groups is 2. The van der Waals surface area contributed by atoms with E-state index in [1.165, 1.54) is 12.1 Å². The van der Waals surface area contributed by atoms with E-state index in [2.05, 4.69) is 5.32 Å². The maximum atomic E-state index is 11.7. The zero-order chi connectivity index (χ0) is 15.8. The van der Waals surface area contributed by atoms with E-state index in [9.17, 15) is 14.7 Å². The van der Waals surface area contributed by atoms with Gasteiger partial charge in [-0.1, -0.05) is 42.5 Å². The van der Waals surface area contributed by atoms with E-state index < -0.39 is 5.97 Å². The van der Waals surface area contributed by atoms with Crippen molar-refractivity contribution < 1.29 is 19.4 Å². The first-order valence-electron chi connectivity index (χ1n) is 6.92. The van der Waals surface area contributed by atoms with Crippen molar-refractivity contribution in [3.8, 4) is 5.75 Å². The number of aromatic hydroxyl groups is 1. The van der Waals surface area contributed by atoms with Crippen molar-refractivity contribution in [1.29, 1.82) is 0 Å². The van der Waals surface area contributed by atoms with Crippen LogP contribution in [0.5, 0.6) is 5.75 Å². The van der Waals surface area contributed by atoms with Crippen LogP contribution in [0.3, 0.4) is 0 Å². The molecule has 0 saturated heterocycles. The molecule has 0 radical (unpaired) electrons. The summed E-state index contributed by atoms with van der Waals surface area (Å²) in [6.45, 7) is 0.0962. The standard InChI is InChI=1S/C17H17NO4/c19-15-9-5-4-8-14(15)17(21)22-12-16(20)18-11-10-13-6-2-1-3-7-13/h1-9,19H,10-12H2,(H,18,20). The SMILES string of the molecule is O=C(COC(=O)c1ccccc1O)NCCc1ccccc1. The second-order valence-corrected chi connectivity index (χ2v) is 4.68. The fraction of sp³-hybridized carbons (Fsp3) is 0.176. The zero-order valence-corrected chi connectivity index (χ0v) is 12.0. The molecule has 0 aliphatic rings. The minimum atomic E-state index is -0.726. The van der Waals surface area contributed by atoms with Crippen molar-refractivity contribution in [1.82, 2.24) is 5.32 Å². The predicted octanol–water partition coefficient (Wildman–Crippen LogP) is 1.91. The van der Waals surface area contributed by atoms with Gasteiger partial charge < -0.3 is 15.2 Å². The Morgan fingerprint density at radius 1 is 1.00 bits per heavy atom. The minimum absolute atomic E-state index is 0.0413. The Bertz CT molecular complexity index is 640. The van der Waals surface area contributed by atoms with Gasteiger partial charge in [-0.3, -0.25) is 4.79 Å². The third-order valence-corrected chi connectivity index (χ3v) is 3.04. The minimum Gasteiger partial charge on any atom is -0.507 e. The summed E-state index contributed by atoms with van der Waals surface area (Å²) in [5.41, 5.74) is 1.16. The average Bonchev–Trinajstić information content (AvgIpc) is 2.54. The second-order valence-electron chi connectivity index (χ2n) is 4.68. The van der Waals surface area contributed by atoms with Crippen LogP contribution < -0.4 is 5.32 Å². The molecule has 2 N–H and O–H groups in total. The Kier molecular flexibility index (Phi) is 5.54. The molecular weight excluding hydrogens is 282 g/mol. The van der Waals surface area contributed by atoms with Crippen LogP contribution in [0.1, 0.15) is 15.9 Å². The number of carbonyl (C=O) groups excluding carboxylic acids is 2. The van der Waals surface area contributed by atoms with Crippen LogP contribution in [0.25, 0.3) is 0 Å². The highest BCUT2D eigenvalue weighted by molar-refractivity contribution is 5.93. The average molecular weight is 299 g/mol. The number of hydrogen-bond donors (Lipinski definition) is 2. The number of hydrogen-bond acceptors (Lipinski definition) is 4. The highest BCUT2D eigenvalue weighted by Gasteiger charge is 2.13. The number of phenolic OH excluding ortho intramolecular Hbond substituents is 1. The van der Waals surface area contributed by atoms with Gasteiger partial charge in [-0.2, -0.15) is 0 Å². The summed E-state index contributed by atoms with van der Waals surface area (Å²) in [6, 6.07) is 15.8. The van der Waals surface area contributed by atoms with Gasteiger partial charge in [0, 0.05) is 6.54 Å². The lowest BCUT2D eigenvalue weighted by atomic mass is 10.1. The molecule has 0 aromatic heterocycles. The number of amides is 1. The topological polar surface area (TPSA) is 75.6 Å². The number of rotatable bonds is 6. The molecule has 0 spiro atoms. The molecular formula is C17H17NO4. The third kappa shape index (κ3) is 4.63. The van der Waals surface area contributed by atoms with E-state index in [4.69, 9.17) is 4.74 Å². The van der Waals surface area contributed by atoms with Gasteiger partial charge in [-0.25, -0.2) is 4.79 Å². The van der Waals surface area contributed by atoms with Crippen molar-refractivity contribution in [2.75, 3.05) is 13.2 Å². The maximum absolute atomic E-state index is 11.7. The second kappa shape index (κ2) is 7.83. The van der Waals surface area contributed by atoms with Gasteiger partial charge in [0.25, 0.3) is 5.91 Å². The Morgan fingerprint density at radius 2 is 1.68 bits per heavy atom. The normalized spacial score (nSPS) is 10.0. The molecule has 0 atom stereocenters. The van der Waals surface area contributed by atoms with Gasteiger partial charge in [0.2, 0.25) is 0 Å². The number of ether oxygens (including phenoxy) is 1. The Hall–Kier alpha value is -2.82. The lowest BCUT2D eigenvalue weighted by Gasteiger charge is -2.07. The van der Waals surface area contributed by atoms with E-state index in [1.807, 2.05) is 30.3 Å². The first-order valence-corrected chi connectivity index (χ1v) is 6.92. The molecule has 0 fully saturated rings. The number of esters is 1. The monoisotopic (exact) mass is 299 g/mol. The third-order valence-electron chi connectivity index (χ3n) is 3.04. The largest absolute Gasteiger partial charge is 0.507 e. The van der Waals surface area contributed by atoms with E-state index in [1.54, 1.807) is 12.1 Å². The number of phenols is 1. The lowest BCUT2D eigenvalue weighted by molar-refractivity contribution is -0.124. The molecule has 114 valence electrons. The van der Waals surface area contributed by atoms with Gasteiger partial charge in [-0.05, 0) is 24.1 Å². The van der Waals surface area contributed by atoms with Crippen molar-refractivity contribution in [2.45, 2.75) is 6.42 Å². The molecule has 5 nitrogen and oxygen atoms in total. The summed E-state index contributed by atoms with van der Waals surface area (Å²) in [6.07, 6.45) is 0.708. The zero-order valence-electron chi connectivity index (χ0n) is 12.0. The molecule has 2 rings (SSSR count). The van der Waals surface area contributed by atoms with Crippen molar-refractivity contribution in [3.05, 3.63) is 65.7 Å². The van der Waals surface area contributed by atoms with Crippen LogP contribution in [-0.4, -0.2) is 30.1 Å². The van der Waals surface area contributed by atoms with Crippen molar-refractivity contribution in [3.63, 3.8) is 0 Å². The van der Waals surface area contributed by atoms with E-state index in [0.29, 0.717) is 13.0 Å². The van der Waals surface area contributed by atoms with Gasteiger partial charge >= 0.3 is 5.97 Å². The fourth-order valence-electron chi connectivity index (χ4n) is 1.90. The van der Waals surface area contributed by atoms with E-state index >= 15 is 0 Å². The fourth-order valence-corrected chi connectivity index (χ4v) is 1.90. The summed E-state index contributed by atoms with van der Waals surface area (Å²) in [4.78, 5) is 23.3. The van der Waals surface area contributed by atoms with Gasteiger partial charge in [-0.15, -0.1) is 0 Å². The molecule has 2 aromatic carbocycles. The first-order chi connectivity index (χ1) is 10.7. The predicted molar refractivity (Wildman–Crippen MR) is 81.5 cm³/mol. The molecule has 0 heterocycles. The van der Waals surface area contributed by atoms with Crippen molar-refractivity contribution in [2.24, 2.45) is 0 Å². The molecule has 1 amide bonds. The summed E-state index contributed by atoms with van der Waals surface area (Å²) >= 11 is 0. The molecule has 5 heteroatoms. The molecule has 0 saturated carbocycles. The quantitative estimate of drug-likeness (QED) is 0.799. The van der Waals surface area contributed by atoms with Gasteiger partial charge in [0.05, 0.1) is 0 Å². The van der Waals surface area contributed by atoms with Crippen molar-refractivity contribution >= 4 is 11.9 Å². The van der Waals surface area contributed by atoms with Crippen LogP contribution in [0, 0.1) is 0 Å². The molecule has 0 bridgehead atoms. The molecule has 2 aromatic rings. The van der Waals surface area contributed by atoms with Crippen LogP contribution in [0.15, 0.2) is 54.6 Å².